The highest BCUT2D eigenvalue weighted by molar-refractivity contribution is 6.13. The number of urea groups is 1. The number of imide groups is 1. The monoisotopic (exact) mass is 220 g/mol. The van der Waals surface area contributed by atoms with E-state index in [0.29, 0.717) is 12.3 Å². The Labute approximate surface area is 92.7 Å². The first kappa shape index (κ1) is 10.5. The Morgan fingerprint density at radius 3 is 2.69 bits per heavy atom. The maximum absolute atomic E-state index is 11.7. The molecular formula is C11H12N2O3. The molecule has 2 rings (SSSR count). The minimum Gasteiger partial charge on any atom is -0.462 e. The second-order valence-corrected chi connectivity index (χ2v) is 3.49. The Morgan fingerprint density at radius 2 is 2.19 bits per heavy atom. The van der Waals surface area contributed by atoms with E-state index in [2.05, 4.69) is 5.32 Å². The Kier molecular flexibility index (Phi) is 2.52. The van der Waals surface area contributed by atoms with E-state index in [1.54, 1.807) is 19.1 Å². The molecule has 0 atom stereocenters. The summed E-state index contributed by atoms with van der Waals surface area (Å²) < 4.78 is 5.30. The summed E-state index contributed by atoms with van der Waals surface area (Å²) in [6, 6.07) is 3.16. The van der Waals surface area contributed by atoms with E-state index in [1.165, 1.54) is 6.08 Å². The third-order valence-corrected chi connectivity index (χ3v) is 2.33. The first-order valence-electron chi connectivity index (χ1n) is 5.03. The molecule has 3 amide bonds. The Morgan fingerprint density at radius 1 is 1.44 bits per heavy atom. The van der Waals surface area contributed by atoms with E-state index in [-0.39, 0.29) is 17.6 Å². The molecule has 1 saturated heterocycles. The summed E-state index contributed by atoms with van der Waals surface area (Å²) in [5, 5.41) is 2.50. The molecule has 2 heterocycles. The van der Waals surface area contributed by atoms with Crippen molar-refractivity contribution in [3.05, 3.63) is 29.4 Å². The number of rotatable bonds is 2. The van der Waals surface area contributed by atoms with E-state index in [4.69, 9.17) is 4.42 Å². The highest BCUT2D eigenvalue weighted by Gasteiger charge is 2.32. The number of likely N-dealkylation sites (N-methyl/N-ethyl adjacent to an activating group) is 1. The van der Waals surface area contributed by atoms with Crippen LogP contribution in [0.15, 0.2) is 22.2 Å². The molecule has 0 bridgehead atoms. The molecule has 0 saturated carbocycles. The fourth-order valence-electron chi connectivity index (χ4n) is 1.53. The number of carbonyl (C=O) groups is 2. The van der Waals surface area contributed by atoms with Crippen molar-refractivity contribution < 1.29 is 14.0 Å². The third kappa shape index (κ3) is 1.71. The molecule has 0 aliphatic carbocycles. The van der Waals surface area contributed by atoms with Gasteiger partial charge in [0.25, 0.3) is 5.91 Å². The zero-order chi connectivity index (χ0) is 11.7. The third-order valence-electron chi connectivity index (χ3n) is 2.33. The fourth-order valence-corrected chi connectivity index (χ4v) is 1.53. The number of nitrogens with zero attached hydrogens (tertiary/aromatic N) is 1. The van der Waals surface area contributed by atoms with Gasteiger partial charge in [0.15, 0.2) is 0 Å². The Hall–Kier alpha value is -2.04. The molecule has 5 heteroatoms. The van der Waals surface area contributed by atoms with Crippen molar-refractivity contribution in [3.8, 4) is 0 Å². The van der Waals surface area contributed by atoms with E-state index in [0.717, 1.165) is 10.7 Å². The molecule has 1 fully saturated rings. The van der Waals surface area contributed by atoms with Crippen molar-refractivity contribution in [1.29, 1.82) is 0 Å². The molecule has 5 nitrogen and oxygen atoms in total. The smallest absolute Gasteiger partial charge is 0.328 e. The summed E-state index contributed by atoms with van der Waals surface area (Å²) in [6.45, 7) is 3.92. The van der Waals surface area contributed by atoms with Crippen LogP contribution in [-0.4, -0.2) is 23.4 Å². The summed E-state index contributed by atoms with van der Waals surface area (Å²) >= 11 is 0. The molecule has 1 N–H and O–H groups in total. The van der Waals surface area contributed by atoms with Crippen LogP contribution in [0.3, 0.4) is 0 Å². The second-order valence-electron chi connectivity index (χ2n) is 3.49. The van der Waals surface area contributed by atoms with Gasteiger partial charge in [0.2, 0.25) is 0 Å². The van der Waals surface area contributed by atoms with Crippen molar-refractivity contribution in [1.82, 2.24) is 10.2 Å². The molecule has 0 aromatic carbocycles. The zero-order valence-electron chi connectivity index (χ0n) is 9.11. The average Bonchev–Trinajstić information content (AvgIpc) is 2.74. The molecule has 1 aliphatic rings. The van der Waals surface area contributed by atoms with Crippen molar-refractivity contribution in [2.75, 3.05) is 6.54 Å². The maximum Gasteiger partial charge on any atom is 0.328 e. The summed E-state index contributed by atoms with van der Waals surface area (Å²) in [5.41, 5.74) is 0.251. The van der Waals surface area contributed by atoms with Gasteiger partial charge in [-0.05, 0) is 26.0 Å². The van der Waals surface area contributed by atoms with Gasteiger partial charge in [0.05, 0.1) is 0 Å². The van der Waals surface area contributed by atoms with Gasteiger partial charge < -0.3 is 9.73 Å². The lowest BCUT2D eigenvalue weighted by atomic mass is 10.3. The van der Waals surface area contributed by atoms with Crippen LogP contribution in [0, 0.1) is 6.92 Å². The van der Waals surface area contributed by atoms with E-state index < -0.39 is 0 Å². The summed E-state index contributed by atoms with van der Waals surface area (Å²) in [5.74, 6) is 0.997. The van der Waals surface area contributed by atoms with Crippen LogP contribution in [0.25, 0.3) is 6.08 Å². The van der Waals surface area contributed by atoms with Crippen LogP contribution < -0.4 is 5.32 Å². The van der Waals surface area contributed by atoms with Gasteiger partial charge in [0, 0.05) is 12.6 Å². The molecule has 16 heavy (non-hydrogen) atoms. The predicted octanol–water partition coefficient (Wildman–Crippen LogP) is 1.50. The van der Waals surface area contributed by atoms with E-state index >= 15 is 0 Å². The second kappa shape index (κ2) is 3.84. The standard InChI is InChI=1S/C11H12N2O3/c1-3-13-10(14)9(12-11(13)15)6-8-5-4-7(2)16-8/h4-6H,3H2,1-2H3,(H,12,15)/b9-6+. The van der Waals surface area contributed by atoms with Crippen LogP contribution in [0.4, 0.5) is 4.79 Å². The quantitative estimate of drug-likeness (QED) is 0.606. The molecule has 1 aliphatic heterocycles. The number of carbonyl (C=O) groups excluding carboxylic acids is 2. The van der Waals surface area contributed by atoms with E-state index in [9.17, 15) is 9.59 Å². The summed E-state index contributed by atoms with van der Waals surface area (Å²) in [6.07, 6.45) is 1.53. The minimum absolute atomic E-state index is 0.251. The number of furan rings is 1. The average molecular weight is 220 g/mol. The lowest BCUT2D eigenvalue weighted by Crippen LogP contribution is -2.30. The van der Waals surface area contributed by atoms with Gasteiger partial charge in [0.1, 0.15) is 17.2 Å². The highest BCUT2D eigenvalue weighted by atomic mass is 16.3. The highest BCUT2D eigenvalue weighted by Crippen LogP contribution is 2.15. The van der Waals surface area contributed by atoms with Crippen molar-refractivity contribution in [3.63, 3.8) is 0 Å². The van der Waals surface area contributed by atoms with E-state index in [1.807, 2.05) is 6.92 Å². The van der Waals surface area contributed by atoms with Crippen LogP contribution in [0.2, 0.25) is 0 Å². The van der Waals surface area contributed by atoms with Crippen LogP contribution in [0.1, 0.15) is 18.4 Å². The zero-order valence-corrected chi connectivity index (χ0v) is 9.11. The fraction of sp³-hybridized carbons (Fsp3) is 0.273. The number of aryl methyl sites for hydroxylation is 1. The maximum atomic E-state index is 11.7. The van der Waals surface area contributed by atoms with Gasteiger partial charge >= 0.3 is 6.03 Å². The molecule has 84 valence electrons. The summed E-state index contributed by atoms with van der Waals surface area (Å²) in [7, 11) is 0. The molecule has 0 unspecified atom stereocenters. The van der Waals surface area contributed by atoms with Gasteiger partial charge in [-0.3, -0.25) is 9.69 Å². The number of hydrogen-bond acceptors (Lipinski definition) is 3. The Bertz CT molecular complexity index is 473. The van der Waals surface area contributed by atoms with Crippen molar-refractivity contribution >= 4 is 18.0 Å². The van der Waals surface area contributed by atoms with Crippen LogP contribution in [0.5, 0.6) is 0 Å². The van der Waals surface area contributed by atoms with Gasteiger partial charge in [-0.2, -0.15) is 0 Å². The molecule has 0 spiro atoms. The number of amides is 3. The number of nitrogens with one attached hydrogen (secondary N) is 1. The topological polar surface area (TPSA) is 62.6 Å². The molecule has 1 aromatic heterocycles. The van der Waals surface area contributed by atoms with Crippen LogP contribution in [-0.2, 0) is 4.79 Å². The molecule has 1 aromatic rings. The lowest BCUT2D eigenvalue weighted by molar-refractivity contribution is -0.122. The molecule has 0 radical (unpaired) electrons. The molecular weight excluding hydrogens is 208 g/mol. The SMILES string of the molecule is CCN1C(=O)N/C(=C/c2ccc(C)o2)C1=O. The number of hydrogen-bond donors (Lipinski definition) is 1. The van der Waals surface area contributed by atoms with Gasteiger partial charge in [-0.25, -0.2) is 4.79 Å². The Balaban J connectivity index is 2.27. The lowest BCUT2D eigenvalue weighted by Gasteiger charge is -2.05. The minimum atomic E-state index is -0.387. The van der Waals surface area contributed by atoms with Gasteiger partial charge in [-0.1, -0.05) is 0 Å². The first-order chi connectivity index (χ1) is 7.61. The normalized spacial score (nSPS) is 18.4. The van der Waals surface area contributed by atoms with Crippen molar-refractivity contribution in [2.24, 2.45) is 0 Å². The van der Waals surface area contributed by atoms with Gasteiger partial charge in [-0.15, -0.1) is 0 Å². The van der Waals surface area contributed by atoms with Crippen molar-refractivity contribution in [2.45, 2.75) is 13.8 Å². The summed E-state index contributed by atoms with van der Waals surface area (Å²) in [4.78, 5) is 24.2. The van der Waals surface area contributed by atoms with Crippen LogP contribution >= 0.6 is 0 Å². The predicted molar refractivity (Wildman–Crippen MR) is 57.3 cm³/mol. The first-order valence-corrected chi connectivity index (χ1v) is 5.03. The largest absolute Gasteiger partial charge is 0.462 e.